The highest BCUT2D eigenvalue weighted by Crippen LogP contribution is 2.26. The monoisotopic (exact) mass is 298 g/mol. The lowest BCUT2D eigenvalue weighted by atomic mass is 10.1. The number of hydrogen-bond donors (Lipinski definition) is 1. The van der Waals surface area contributed by atoms with Gasteiger partial charge in [-0.3, -0.25) is 0 Å². The third-order valence-corrected chi connectivity index (χ3v) is 3.69. The van der Waals surface area contributed by atoms with E-state index in [-0.39, 0.29) is 0 Å². The van der Waals surface area contributed by atoms with Crippen LogP contribution in [0.5, 0.6) is 0 Å². The Morgan fingerprint density at radius 2 is 2.35 bits per heavy atom. The van der Waals surface area contributed by atoms with Gasteiger partial charge in [0.2, 0.25) is 0 Å². The maximum atomic E-state index is 5.81. The lowest BCUT2D eigenvalue weighted by Crippen LogP contribution is -2.42. The molecule has 0 bridgehead atoms. The number of nitrogens with zero attached hydrogens (tertiary/aromatic N) is 1. The van der Waals surface area contributed by atoms with Crippen LogP contribution in [0, 0.1) is 0 Å². The van der Waals surface area contributed by atoms with Gasteiger partial charge in [0.15, 0.2) is 0 Å². The summed E-state index contributed by atoms with van der Waals surface area (Å²) in [6, 6.07) is 6.32. The lowest BCUT2D eigenvalue weighted by Gasteiger charge is -2.35. The molecule has 0 aliphatic carbocycles. The molecule has 0 spiro atoms. The molecule has 0 saturated carbocycles. The van der Waals surface area contributed by atoms with Crippen molar-refractivity contribution in [3.05, 3.63) is 28.2 Å². The maximum Gasteiger partial charge on any atom is 0.0748 e. The van der Waals surface area contributed by atoms with Gasteiger partial charge in [-0.1, -0.05) is 22.9 Å². The number of ether oxygens (including phenoxy) is 1. The summed E-state index contributed by atoms with van der Waals surface area (Å²) in [5.41, 5.74) is 8.25. The summed E-state index contributed by atoms with van der Waals surface area (Å²) < 4.78 is 6.78. The molecule has 3 nitrogen and oxygen atoms in total. The third kappa shape index (κ3) is 3.00. The Morgan fingerprint density at radius 1 is 1.53 bits per heavy atom. The fraction of sp³-hybridized carbons (Fsp3) is 0.538. The summed E-state index contributed by atoms with van der Waals surface area (Å²) >= 11 is 3.49. The van der Waals surface area contributed by atoms with Gasteiger partial charge in [-0.25, -0.2) is 0 Å². The summed E-state index contributed by atoms with van der Waals surface area (Å²) in [6.45, 7) is 5.46. The molecule has 1 aliphatic heterocycles. The normalized spacial score (nSPS) is 20.6. The van der Waals surface area contributed by atoms with Gasteiger partial charge in [-0.05, 0) is 30.2 Å². The van der Waals surface area contributed by atoms with Crippen LogP contribution in [0.25, 0.3) is 0 Å². The molecule has 17 heavy (non-hydrogen) atoms. The van der Waals surface area contributed by atoms with Gasteiger partial charge in [0, 0.05) is 29.8 Å². The first-order valence-electron chi connectivity index (χ1n) is 6.09. The largest absolute Gasteiger partial charge is 0.375 e. The van der Waals surface area contributed by atoms with Gasteiger partial charge in [-0.15, -0.1) is 0 Å². The minimum atomic E-state index is 0.345. The molecule has 1 saturated heterocycles. The van der Waals surface area contributed by atoms with Gasteiger partial charge in [0.25, 0.3) is 0 Å². The van der Waals surface area contributed by atoms with Crippen LogP contribution in [0.3, 0.4) is 0 Å². The van der Waals surface area contributed by atoms with E-state index in [4.69, 9.17) is 10.5 Å². The van der Waals surface area contributed by atoms with E-state index in [0.717, 1.165) is 30.6 Å². The van der Waals surface area contributed by atoms with Crippen LogP contribution in [-0.2, 0) is 11.3 Å². The van der Waals surface area contributed by atoms with Gasteiger partial charge >= 0.3 is 0 Å². The Kier molecular flexibility index (Phi) is 4.42. The van der Waals surface area contributed by atoms with Gasteiger partial charge in [0.1, 0.15) is 0 Å². The highest BCUT2D eigenvalue weighted by Gasteiger charge is 2.20. The van der Waals surface area contributed by atoms with E-state index >= 15 is 0 Å². The molecule has 2 rings (SSSR count). The van der Waals surface area contributed by atoms with E-state index in [0.29, 0.717) is 12.6 Å². The molecule has 1 heterocycles. The second-order valence-electron chi connectivity index (χ2n) is 4.32. The quantitative estimate of drug-likeness (QED) is 0.932. The number of morpholine rings is 1. The van der Waals surface area contributed by atoms with E-state index in [1.807, 2.05) is 0 Å². The zero-order chi connectivity index (χ0) is 12.3. The van der Waals surface area contributed by atoms with Crippen molar-refractivity contribution in [2.75, 3.05) is 24.6 Å². The molecule has 4 heteroatoms. The molecule has 1 fully saturated rings. The van der Waals surface area contributed by atoms with Crippen molar-refractivity contribution in [3.8, 4) is 0 Å². The van der Waals surface area contributed by atoms with Crippen LogP contribution in [0.1, 0.15) is 18.9 Å². The Balaban J connectivity index is 2.20. The molecule has 1 unspecified atom stereocenters. The highest BCUT2D eigenvalue weighted by atomic mass is 79.9. The Bertz CT molecular complexity index is 384. The van der Waals surface area contributed by atoms with E-state index in [2.05, 4.69) is 46.0 Å². The second kappa shape index (κ2) is 5.85. The maximum absolute atomic E-state index is 5.81. The predicted octanol–water partition coefficient (Wildman–Crippen LogP) is 2.52. The van der Waals surface area contributed by atoms with E-state index in [1.54, 1.807) is 0 Å². The predicted molar refractivity (Wildman–Crippen MR) is 74.3 cm³/mol. The van der Waals surface area contributed by atoms with Crippen molar-refractivity contribution in [1.29, 1.82) is 0 Å². The molecular formula is C13H19BrN2O. The zero-order valence-corrected chi connectivity index (χ0v) is 11.7. The summed E-state index contributed by atoms with van der Waals surface area (Å²) in [4.78, 5) is 2.38. The second-order valence-corrected chi connectivity index (χ2v) is 5.24. The van der Waals surface area contributed by atoms with Crippen molar-refractivity contribution in [1.82, 2.24) is 0 Å². The number of halogens is 1. The molecule has 1 atom stereocenters. The standard InChI is InChI=1S/C13H19BrN2O/c1-2-12-9-16(5-6-17-12)13-4-3-11(14)7-10(13)8-15/h3-4,7,12H,2,5-6,8-9,15H2,1H3. The minimum absolute atomic E-state index is 0.345. The molecule has 0 aromatic heterocycles. The van der Waals surface area contributed by atoms with Crippen LogP contribution in [0.4, 0.5) is 5.69 Å². The van der Waals surface area contributed by atoms with Crippen molar-refractivity contribution in [2.24, 2.45) is 5.73 Å². The van der Waals surface area contributed by atoms with Crippen LogP contribution in [0.2, 0.25) is 0 Å². The molecule has 0 radical (unpaired) electrons. The van der Waals surface area contributed by atoms with Crippen LogP contribution in [0.15, 0.2) is 22.7 Å². The molecule has 1 aromatic carbocycles. The number of anilines is 1. The van der Waals surface area contributed by atoms with Gasteiger partial charge in [0.05, 0.1) is 12.7 Å². The molecule has 94 valence electrons. The number of benzene rings is 1. The van der Waals surface area contributed by atoms with Crippen molar-refractivity contribution < 1.29 is 4.74 Å². The van der Waals surface area contributed by atoms with Gasteiger partial charge in [-0.2, -0.15) is 0 Å². The van der Waals surface area contributed by atoms with Crippen molar-refractivity contribution >= 4 is 21.6 Å². The zero-order valence-electron chi connectivity index (χ0n) is 10.2. The lowest BCUT2D eigenvalue weighted by molar-refractivity contribution is 0.0384. The van der Waals surface area contributed by atoms with Gasteiger partial charge < -0.3 is 15.4 Å². The first-order chi connectivity index (χ1) is 8.24. The number of nitrogens with two attached hydrogens (primary N) is 1. The van der Waals surface area contributed by atoms with Crippen molar-refractivity contribution in [3.63, 3.8) is 0 Å². The van der Waals surface area contributed by atoms with E-state index in [9.17, 15) is 0 Å². The molecule has 1 aliphatic rings. The Hall–Kier alpha value is -0.580. The molecule has 2 N–H and O–H groups in total. The molecule has 1 aromatic rings. The Labute approximate surface area is 111 Å². The smallest absolute Gasteiger partial charge is 0.0748 e. The summed E-state index contributed by atoms with van der Waals surface area (Å²) in [7, 11) is 0. The minimum Gasteiger partial charge on any atom is -0.375 e. The molecular weight excluding hydrogens is 280 g/mol. The number of hydrogen-bond acceptors (Lipinski definition) is 3. The summed E-state index contributed by atoms with van der Waals surface area (Å²) in [6.07, 6.45) is 1.41. The molecule has 0 amide bonds. The van der Waals surface area contributed by atoms with Crippen LogP contribution in [-0.4, -0.2) is 25.8 Å². The fourth-order valence-electron chi connectivity index (χ4n) is 2.21. The highest BCUT2D eigenvalue weighted by molar-refractivity contribution is 9.10. The fourth-order valence-corrected chi connectivity index (χ4v) is 2.62. The van der Waals surface area contributed by atoms with Crippen molar-refractivity contribution in [2.45, 2.75) is 26.0 Å². The average molecular weight is 299 g/mol. The summed E-state index contributed by atoms with van der Waals surface area (Å²) in [5.74, 6) is 0. The van der Waals surface area contributed by atoms with E-state index in [1.165, 1.54) is 11.3 Å². The first kappa shape index (κ1) is 12.9. The first-order valence-corrected chi connectivity index (χ1v) is 6.89. The van der Waals surface area contributed by atoms with Crippen LogP contribution < -0.4 is 10.6 Å². The SMILES string of the molecule is CCC1CN(c2ccc(Br)cc2CN)CCO1. The van der Waals surface area contributed by atoms with Crippen LogP contribution >= 0.6 is 15.9 Å². The Morgan fingerprint density at radius 3 is 3.06 bits per heavy atom. The average Bonchev–Trinajstić information content (AvgIpc) is 2.38. The number of rotatable bonds is 3. The summed E-state index contributed by atoms with van der Waals surface area (Å²) in [5, 5.41) is 0. The topological polar surface area (TPSA) is 38.5 Å². The third-order valence-electron chi connectivity index (χ3n) is 3.20. The van der Waals surface area contributed by atoms with E-state index < -0.39 is 0 Å².